The van der Waals surface area contributed by atoms with Gasteiger partial charge in [0.1, 0.15) is 37.1 Å². The first-order valence-electron chi connectivity index (χ1n) is 17.7. The van der Waals surface area contributed by atoms with E-state index in [0.29, 0.717) is 0 Å². The molecule has 3 fully saturated rings. The van der Waals surface area contributed by atoms with Crippen LogP contribution in [0.5, 0.6) is 0 Å². The smallest absolute Gasteiger partial charge is 0.303 e. The molecule has 15 atom stereocenters. The largest absolute Gasteiger partial charge is 0.463 e. The number of esters is 8. The van der Waals surface area contributed by atoms with Crippen molar-refractivity contribution in [3.8, 4) is 0 Å². The van der Waals surface area contributed by atoms with Crippen LogP contribution in [-0.2, 0) is 99.9 Å². The first-order chi connectivity index (χ1) is 27.2. The van der Waals surface area contributed by atoms with Crippen molar-refractivity contribution in [3.63, 3.8) is 0 Å². The fourth-order valence-electron chi connectivity index (χ4n) is 6.40. The third-order valence-electron chi connectivity index (χ3n) is 8.30. The van der Waals surface area contributed by atoms with Gasteiger partial charge in [0.2, 0.25) is 0 Å². The van der Waals surface area contributed by atoms with E-state index in [4.69, 9.17) is 61.6 Å². The second-order valence-corrected chi connectivity index (χ2v) is 13.0. The van der Waals surface area contributed by atoms with Gasteiger partial charge in [-0.2, -0.15) is 0 Å². The van der Waals surface area contributed by atoms with Crippen molar-refractivity contribution in [2.24, 2.45) is 0 Å². The fourth-order valence-corrected chi connectivity index (χ4v) is 6.40. The molecule has 0 saturated carbocycles. The number of hydrogen-bond donors (Lipinski definition) is 3. The van der Waals surface area contributed by atoms with Crippen LogP contribution in [-0.4, -0.2) is 175 Å². The van der Waals surface area contributed by atoms with Crippen LogP contribution in [0.15, 0.2) is 0 Å². The van der Waals surface area contributed by atoms with Crippen molar-refractivity contribution in [2.75, 3.05) is 19.8 Å². The number of rotatable bonds is 15. The molecule has 24 heteroatoms. The highest BCUT2D eigenvalue weighted by atomic mass is 16.8. The van der Waals surface area contributed by atoms with Gasteiger partial charge in [-0.1, -0.05) is 0 Å². The summed E-state index contributed by atoms with van der Waals surface area (Å²) in [4.78, 5) is 98.0. The maximum Gasteiger partial charge on any atom is 0.303 e. The van der Waals surface area contributed by atoms with Crippen LogP contribution < -0.4 is 0 Å². The Morgan fingerprint density at radius 3 is 1.09 bits per heavy atom. The Labute approximate surface area is 330 Å². The van der Waals surface area contributed by atoms with Crippen LogP contribution in [0.2, 0.25) is 0 Å². The molecule has 0 bridgehead atoms. The Morgan fingerprint density at radius 1 is 0.397 bits per heavy atom. The van der Waals surface area contributed by atoms with Crippen LogP contribution in [0.25, 0.3) is 0 Å². The first kappa shape index (κ1) is 47.8. The van der Waals surface area contributed by atoms with E-state index in [1.807, 2.05) is 0 Å². The van der Waals surface area contributed by atoms with E-state index in [9.17, 15) is 53.7 Å². The van der Waals surface area contributed by atoms with E-state index in [2.05, 4.69) is 0 Å². The topological polar surface area (TPSA) is 317 Å². The zero-order valence-electron chi connectivity index (χ0n) is 32.7. The average Bonchev–Trinajstić information content (AvgIpc) is 3.09. The molecule has 3 saturated heterocycles. The molecule has 3 aliphatic heterocycles. The van der Waals surface area contributed by atoms with Crippen molar-refractivity contribution in [2.45, 2.75) is 148 Å². The summed E-state index contributed by atoms with van der Waals surface area (Å²) in [7, 11) is 0. The van der Waals surface area contributed by atoms with Crippen LogP contribution in [0.4, 0.5) is 0 Å². The summed E-state index contributed by atoms with van der Waals surface area (Å²) < 4.78 is 72.5. The van der Waals surface area contributed by atoms with Crippen molar-refractivity contribution < 1.29 is 115 Å². The molecule has 328 valence electrons. The summed E-state index contributed by atoms with van der Waals surface area (Å²) in [5.41, 5.74) is 0. The fraction of sp³-hybridized carbons (Fsp3) is 0.765. The van der Waals surface area contributed by atoms with E-state index in [1.54, 1.807) is 0 Å². The van der Waals surface area contributed by atoms with Crippen LogP contribution >= 0.6 is 0 Å². The Kier molecular flexibility index (Phi) is 17.7. The predicted molar refractivity (Wildman–Crippen MR) is 178 cm³/mol. The lowest BCUT2D eigenvalue weighted by Gasteiger charge is -2.50. The lowest BCUT2D eigenvalue weighted by molar-refractivity contribution is -0.378. The number of hydrogen-bond acceptors (Lipinski definition) is 24. The molecule has 0 aliphatic carbocycles. The molecule has 3 heterocycles. The molecule has 58 heavy (non-hydrogen) atoms. The lowest BCUT2D eigenvalue weighted by atomic mass is 9.95. The minimum Gasteiger partial charge on any atom is -0.463 e. The Morgan fingerprint density at radius 2 is 0.707 bits per heavy atom. The second kappa shape index (κ2) is 21.4. The number of aliphatic hydroxyl groups is 3. The number of ether oxygens (including phenoxy) is 13. The summed E-state index contributed by atoms with van der Waals surface area (Å²) in [6, 6.07) is 0. The minimum absolute atomic E-state index is 0.671. The third kappa shape index (κ3) is 13.0. The molecule has 0 radical (unpaired) electrons. The van der Waals surface area contributed by atoms with Crippen LogP contribution in [0.3, 0.4) is 0 Å². The lowest BCUT2D eigenvalue weighted by Crippen LogP contribution is -2.68. The highest BCUT2D eigenvalue weighted by Crippen LogP contribution is 2.37. The highest BCUT2D eigenvalue weighted by molar-refractivity contribution is 5.69. The van der Waals surface area contributed by atoms with Crippen LogP contribution in [0.1, 0.15) is 55.4 Å². The highest BCUT2D eigenvalue weighted by Gasteiger charge is 2.59. The second-order valence-electron chi connectivity index (χ2n) is 13.0. The van der Waals surface area contributed by atoms with Crippen LogP contribution in [0, 0.1) is 0 Å². The first-order valence-corrected chi connectivity index (χ1v) is 17.7. The molecular formula is C34H48O24. The summed E-state index contributed by atoms with van der Waals surface area (Å²) in [5, 5.41) is 31.7. The van der Waals surface area contributed by atoms with Crippen molar-refractivity contribution in [1.29, 1.82) is 0 Å². The average molecular weight is 841 g/mol. The molecular weight excluding hydrogens is 792 g/mol. The molecule has 3 aliphatic rings. The number of carbonyl (C=O) groups is 8. The van der Waals surface area contributed by atoms with Gasteiger partial charge in [-0.3, -0.25) is 38.4 Å². The van der Waals surface area contributed by atoms with E-state index in [-0.39, 0.29) is 0 Å². The number of carbonyl (C=O) groups excluding carboxylic acids is 8. The summed E-state index contributed by atoms with van der Waals surface area (Å²) >= 11 is 0. The maximum atomic E-state index is 12.7. The number of aliphatic hydroxyl groups excluding tert-OH is 3. The molecule has 24 nitrogen and oxygen atoms in total. The molecule has 0 aromatic carbocycles. The Hall–Kier alpha value is -4.56. The van der Waals surface area contributed by atoms with Crippen molar-refractivity contribution in [3.05, 3.63) is 0 Å². The van der Waals surface area contributed by atoms with E-state index in [1.165, 1.54) is 0 Å². The Bertz CT molecular complexity index is 1500. The minimum atomic E-state index is -1.98. The van der Waals surface area contributed by atoms with Gasteiger partial charge in [-0.25, -0.2) is 0 Å². The normalized spacial score (nSPS) is 34.6. The zero-order chi connectivity index (χ0) is 43.6. The predicted octanol–water partition coefficient (Wildman–Crippen LogP) is -3.01. The molecule has 0 unspecified atom stereocenters. The monoisotopic (exact) mass is 840 g/mol. The SMILES string of the molecule is CC(=O)OC[C@H]1O[C@@H](O)[C@H](OC(C)=O)[C@@H](OC(C)=O)[C@@H]1O[C@H]1O[C@H](CO)[C@@H](O[C@H]2O[C@H](CO)[C@@H](OC(C)=O)[C@H](OC(C)=O)[C@H]2OC(C)=O)[C@H](OC(C)=O)[C@H]1OC(C)=O. The molecule has 3 N–H and O–H groups in total. The molecule has 0 aromatic heterocycles. The quantitative estimate of drug-likeness (QED) is 0.109. The van der Waals surface area contributed by atoms with Gasteiger partial charge < -0.3 is 76.9 Å². The van der Waals surface area contributed by atoms with Gasteiger partial charge in [0.25, 0.3) is 0 Å². The van der Waals surface area contributed by atoms with Gasteiger partial charge >= 0.3 is 47.8 Å². The van der Waals surface area contributed by atoms with E-state index < -0.39 is 160 Å². The van der Waals surface area contributed by atoms with Gasteiger partial charge in [-0.15, -0.1) is 0 Å². The van der Waals surface area contributed by atoms with Gasteiger partial charge in [0.15, 0.2) is 61.6 Å². The molecule has 0 spiro atoms. The van der Waals surface area contributed by atoms with Crippen molar-refractivity contribution >= 4 is 47.8 Å². The van der Waals surface area contributed by atoms with E-state index >= 15 is 0 Å². The van der Waals surface area contributed by atoms with Crippen molar-refractivity contribution in [1.82, 2.24) is 0 Å². The molecule has 0 amide bonds. The summed E-state index contributed by atoms with van der Waals surface area (Å²) in [6.45, 7) is 5.30. The van der Waals surface area contributed by atoms with Gasteiger partial charge in [0, 0.05) is 55.4 Å². The zero-order valence-corrected chi connectivity index (χ0v) is 32.7. The standard InChI is InChI=1S/C34H48O24/c1-12(37)46-11-22-25(26(48-14(3)39)29(32(45)54-22)51-17(6)42)58-34-31(53-19(8)44)28(50-16(5)41)24(21(10-36)56-34)57-33-30(52-18(7)43)27(49-15(4)40)23(47-13(2)38)20(9-35)55-33/h20-36,45H,9-11H2,1-8H3/t20-,21-,22-,23-,24-,25-,26+,27+,28+,29-,30-,31-,32-,33-,34-/m1/s1. The molecule has 0 aromatic rings. The molecule has 3 rings (SSSR count). The third-order valence-corrected chi connectivity index (χ3v) is 8.30. The van der Waals surface area contributed by atoms with Gasteiger partial charge in [-0.05, 0) is 0 Å². The summed E-state index contributed by atoms with van der Waals surface area (Å²) in [5.74, 6) is -7.65. The summed E-state index contributed by atoms with van der Waals surface area (Å²) in [6.07, 6.45) is -26.4. The van der Waals surface area contributed by atoms with Gasteiger partial charge in [0.05, 0.1) is 13.2 Å². The maximum absolute atomic E-state index is 12.7. The van der Waals surface area contributed by atoms with E-state index in [0.717, 1.165) is 55.4 Å². The Balaban J connectivity index is 2.16.